The summed E-state index contributed by atoms with van der Waals surface area (Å²) in [5.41, 5.74) is 18.8. The summed E-state index contributed by atoms with van der Waals surface area (Å²) in [5.74, 6) is 1.72. The Hall–Kier alpha value is -8.91. The number of carbonyl (C=O) groups excluding carboxylic acids is 2. The maximum atomic E-state index is 12.8. The monoisotopic (exact) mass is 1510 g/mol. The van der Waals surface area contributed by atoms with Crippen LogP contribution in [0.4, 0.5) is 49.8 Å². The summed E-state index contributed by atoms with van der Waals surface area (Å²) >= 11 is 0. The summed E-state index contributed by atoms with van der Waals surface area (Å²) in [5, 5.41) is 23.4. The minimum atomic E-state index is -0.805. The van der Waals surface area contributed by atoms with Crippen molar-refractivity contribution in [1.29, 1.82) is 0 Å². The number of amides is 2. The molecule has 0 fully saturated rings. The number of hydrogen-bond donors (Lipinski definition) is 4. The molecule has 0 saturated heterocycles. The zero-order chi connectivity index (χ0) is 60.2. The van der Waals surface area contributed by atoms with E-state index in [0.717, 1.165) is 48.3 Å². The van der Waals surface area contributed by atoms with Gasteiger partial charge in [-0.15, -0.1) is 0 Å². The second-order valence-corrected chi connectivity index (χ2v) is 18.5. The van der Waals surface area contributed by atoms with Gasteiger partial charge in [-0.25, -0.2) is 14.4 Å². The molecule has 30 nitrogen and oxygen atoms in total. The number of imidazole rings is 1. The number of aromatic nitrogens is 8. The van der Waals surface area contributed by atoms with Crippen LogP contribution in [0.5, 0.6) is 34.9 Å². The number of H-pyrrole nitrogens is 1. The van der Waals surface area contributed by atoms with E-state index in [2.05, 4.69) is 34.9 Å². The van der Waals surface area contributed by atoms with Crippen molar-refractivity contribution in [2.45, 2.75) is 101 Å². The Bertz CT molecular complexity index is 3600. The standard InChI is InChI=1S/C19H23N5O6.C19H21N5O6.C17H19N5O3.3CH4.U.V/c2*1-2-28-19(25)23-12-13-15(7-6-8-21-13)29-9-4-3-5-10-30-16-11-14(23)17(24(26)27)18(20)22-16;18-16-15-12-9-14(20-16)25-8-3-1-2-7-24-13-5-4-6-19-11(13)10-22(12)17(23)21-15;;;;;/h6-8,11H,2-5,9-10,12H2,1H3,(H2,20,22);3-4,6-8,11H,2,5,9-10,12H2,1H3,(H2,20,22);4-6,9H,1-3,7-8,10H2,(H2,18,20)(H,21,23);3*1H4;;. The third-order valence-corrected chi connectivity index (χ3v) is 12.7. The molecule has 7 aromatic rings. The minimum absolute atomic E-state index is 0. The molecule has 0 spiro atoms. The SMILES string of the molecule is C.C.C.CCOC(=O)N1Cc2ncccc2OCC=CCCOc2cc1c([N+](=O)[O-])c(N)n2.CCOC(=O)N1Cc2ncccc2OCCCCCOc2cc1c([N+](=O)[O-])c(N)n2.Nc1nc2cc3c1[nH]c(=O)n3Cc1ncccc1OCCCCCO2.[U].[V]. The van der Waals surface area contributed by atoms with Crippen molar-refractivity contribution >= 4 is 63.4 Å². The molecular formula is C58H75N15O15UV. The zero-order valence-electron chi connectivity index (χ0n) is 47.5. The molecule has 0 aromatic carbocycles. The van der Waals surface area contributed by atoms with Gasteiger partial charge in [0.05, 0.1) is 81.2 Å². The Morgan fingerprint density at radius 3 is 1.46 bits per heavy atom. The first-order valence-corrected chi connectivity index (χ1v) is 27.1. The summed E-state index contributed by atoms with van der Waals surface area (Å²) in [6, 6.07) is 14.9. The smallest absolute Gasteiger partial charge is 0.414 e. The molecular weight excluding hydrogens is 1440 g/mol. The molecule has 3 aliphatic heterocycles. The van der Waals surface area contributed by atoms with Crippen LogP contribution in [0.1, 0.15) is 98.2 Å². The van der Waals surface area contributed by atoms with E-state index < -0.39 is 33.4 Å². The van der Waals surface area contributed by atoms with Gasteiger partial charge in [-0.1, -0.05) is 34.4 Å². The van der Waals surface area contributed by atoms with Crippen LogP contribution in [0.25, 0.3) is 11.0 Å². The number of anilines is 5. The van der Waals surface area contributed by atoms with Gasteiger partial charge in [-0.3, -0.25) is 49.5 Å². The van der Waals surface area contributed by atoms with E-state index in [1.165, 1.54) is 18.3 Å². The summed E-state index contributed by atoms with van der Waals surface area (Å²) in [6.45, 7) is 5.94. The van der Waals surface area contributed by atoms with Gasteiger partial charge >= 0.3 is 29.3 Å². The van der Waals surface area contributed by atoms with Crippen LogP contribution in [0.2, 0.25) is 0 Å². The molecule has 0 unspecified atom stereocenters. The van der Waals surface area contributed by atoms with Gasteiger partial charge < -0.3 is 60.1 Å². The number of fused-ring (bicyclic) bond motifs is 8. The van der Waals surface area contributed by atoms with Crippen molar-refractivity contribution in [2.75, 3.05) is 79.9 Å². The summed E-state index contributed by atoms with van der Waals surface area (Å²) in [4.78, 5) is 89.9. The van der Waals surface area contributed by atoms with Gasteiger partial charge in [0.25, 0.3) is 0 Å². The first-order chi connectivity index (χ1) is 41.2. The second-order valence-electron chi connectivity index (χ2n) is 18.5. The average molecular weight is 1510 g/mol. The molecule has 7 N–H and O–H groups in total. The number of rotatable bonds is 4. The Morgan fingerprint density at radius 1 is 0.589 bits per heavy atom. The summed E-state index contributed by atoms with van der Waals surface area (Å²) in [6.07, 6.45) is 12.6. The van der Waals surface area contributed by atoms with Gasteiger partial charge in [0, 0.05) is 86.5 Å². The first kappa shape index (κ1) is 75.3. The number of hydrogen-bond acceptors (Lipinski definition) is 24. The molecule has 10 rings (SSSR count). The molecule has 0 saturated carbocycles. The minimum Gasteiger partial charge on any atom is -0.492 e. The molecule has 3 aliphatic rings. The maximum absolute atomic E-state index is 12.8. The molecule has 6 bridgehead atoms. The predicted octanol–water partition coefficient (Wildman–Crippen LogP) is 9.52. The maximum Gasteiger partial charge on any atom is 0.414 e. The van der Waals surface area contributed by atoms with Gasteiger partial charge in [-0.2, -0.15) is 15.0 Å². The number of nitrogen functional groups attached to an aromatic ring is 3. The van der Waals surface area contributed by atoms with E-state index in [0.29, 0.717) is 84.1 Å². The number of nitrogens with one attached hydrogen (secondary N) is 1. The molecule has 32 heteroatoms. The number of aromatic amines is 1. The van der Waals surface area contributed by atoms with Crippen LogP contribution in [0, 0.1) is 51.3 Å². The van der Waals surface area contributed by atoms with Crippen LogP contribution in [-0.4, -0.2) is 114 Å². The first-order valence-electron chi connectivity index (χ1n) is 27.1. The van der Waals surface area contributed by atoms with Crippen molar-refractivity contribution in [1.82, 2.24) is 39.5 Å². The van der Waals surface area contributed by atoms with Crippen LogP contribution in [-0.2, 0) is 47.7 Å². The van der Waals surface area contributed by atoms with E-state index in [1.54, 1.807) is 61.1 Å². The largest absolute Gasteiger partial charge is 0.492 e. The number of nitrogens with zero attached hydrogens (tertiary/aromatic N) is 11. The molecule has 0 atom stereocenters. The van der Waals surface area contributed by atoms with E-state index in [-0.39, 0.29) is 164 Å². The molecule has 1 radical (unpaired) electrons. The normalized spacial score (nSPS) is 13.7. The number of nitrogens with two attached hydrogens (primary N) is 3. The molecule has 7 aromatic heterocycles. The van der Waals surface area contributed by atoms with E-state index in [1.807, 2.05) is 24.3 Å². The van der Waals surface area contributed by atoms with Crippen LogP contribution >= 0.6 is 0 Å². The quantitative estimate of drug-likeness (QED) is 0.0723. The van der Waals surface area contributed by atoms with Crippen LogP contribution < -0.4 is 61.1 Å². The van der Waals surface area contributed by atoms with Crippen molar-refractivity contribution in [3.05, 3.63) is 133 Å². The predicted molar refractivity (Wildman–Crippen MR) is 328 cm³/mol. The number of ether oxygens (including phenoxy) is 8. The van der Waals surface area contributed by atoms with Crippen molar-refractivity contribution < 1.29 is 107 Å². The summed E-state index contributed by atoms with van der Waals surface area (Å²) in [7, 11) is 0. The average Bonchev–Trinajstić information content (AvgIpc) is 1.52. The fourth-order valence-corrected chi connectivity index (χ4v) is 8.76. The Balaban J connectivity index is 0.000000344. The van der Waals surface area contributed by atoms with Crippen LogP contribution in [0.15, 0.2) is 90.1 Å². The van der Waals surface area contributed by atoms with E-state index in [4.69, 9.17) is 55.1 Å². The second kappa shape index (κ2) is 37.2. The van der Waals surface area contributed by atoms with Crippen LogP contribution in [0.3, 0.4) is 0 Å². The van der Waals surface area contributed by atoms with Crippen molar-refractivity contribution in [2.24, 2.45) is 0 Å². The van der Waals surface area contributed by atoms with E-state index in [9.17, 15) is 34.6 Å². The van der Waals surface area contributed by atoms with Gasteiger partial charge in [-0.05, 0) is 95.2 Å². The number of carbonyl (C=O) groups is 2. The van der Waals surface area contributed by atoms with E-state index >= 15 is 0 Å². The Labute approximate surface area is 555 Å². The topological polar surface area (TPSA) is 394 Å². The van der Waals surface area contributed by atoms with Gasteiger partial charge in [0.15, 0.2) is 5.82 Å². The molecule has 90 heavy (non-hydrogen) atoms. The molecule has 481 valence electrons. The van der Waals surface area contributed by atoms with Gasteiger partial charge in [0.2, 0.25) is 29.3 Å². The van der Waals surface area contributed by atoms with Crippen molar-refractivity contribution in [3.8, 4) is 34.9 Å². The summed E-state index contributed by atoms with van der Waals surface area (Å²) < 4.78 is 46.1. The molecule has 10 heterocycles. The van der Waals surface area contributed by atoms with Gasteiger partial charge in [0.1, 0.15) is 57.8 Å². The van der Waals surface area contributed by atoms with Crippen molar-refractivity contribution in [3.63, 3.8) is 0 Å². The molecule has 0 aliphatic carbocycles. The fraction of sp³-hybridized carbons (Fsp3) is 0.397. The molecule has 2 amide bonds. The fourth-order valence-electron chi connectivity index (χ4n) is 8.76. The third-order valence-electron chi connectivity index (χ3n) is 12.7. The number of nitro groups is 2. The zero-order valence-corrected chi connectivity index (χ0v) is 53.1. The Morgan fingerprint density at radius 2 is 1.00 bits per heavy atom. The number of pyridine rings is 6. The Kier molecular flexibility index (Phi) is 31.1. The third kappa shape index (κ3) is 19.8.